The summed E-state index contributed by atoms with van der Waals surface area (Å²) in [6.07, 6.45) is 0.270. The molecule has 4 aromatic carbocycles. The number of nitro groups is 1. The van der Waals surface area contributed by atoms with Crippen LogP contribution >= 0.6 is 0 Å². The van der Waals surface area contributed by atoms with E-state index in [9.17, 15) is 24.8 Å². The number of piperazine rings is 1. The smallest absolute Gasteiger partial charge is 0.269 e. The van der Waals surface area contributed by atoms with Gasteiger partial charge in [0, 0.05) is 81.1 Å². The van der Waals surface area contributed by atoms with Crippen molar-refractivity contribution in [1.29, 1.82) is 0 Å². The number of benzene rings is 4. The van der Waals surface area contributed by atoms with E-state index < -0.39 is 6.29 Å². The molecule has 6 rings (SSSR count). The van der Waals surface area contributed by atoms with Gasteiger partial charge in [0.15, 0.2) is 6.29 Å². The van der Waals surface area contributed by atoms with E-state index in [2.05, 4.69) is 20.4 Å². The van der Waals surface area contributed by atoms with Gasteiger partial charge < -0.3 is 35.8 Å². The Labute approximate surface area is 302 Å². The topological polar surface area (TPSA) is 173 Å². The highest BCUT2D eigenvalue weighted by Crippen LogP contribution is 2.39. The minimum atomic E-state index is -0.686. The Morgan fingerprint density at radius 2 is 1.56 bits per heavy atom. The van der Waals surface area contributed by atoms with Crippen LogP contribution < -0.4 is 21.3 Å². The van der Waals surface area contributed by atoms with Crippen molar-refractivity contribution < 1.29 is 29.1 Å². The molecule has 3 unspecified atom stereocenters. The van der Waals surface area contributed by atoms with Crippen LogP contribution in [0.1, 0.15) is 54.8 Å². The molecule has 5 N–H and O–H groups in total. The number of carbonyl (C=O) groups is 2. The zero-order valence-corrected chi connectivity index (χ0v) is 28.9. The molecule has 2 saturated heterocycles. The normalized spacial score (nSPS) is 19.2. The Morgan fingerprint density at radius 1 is 0.846 bits per heavy atom. The van der Waals surface area contributed by atoms with E-state index in [1.165, 1.54) is 12.1 Å². The van der Waals surface area contributed by atoms with E-state index in [1.807, 2.05) is 48.5 Å². The first-order valence-electron chi connectivity index (χ1n) is 17.5. The maximum atomic E-state index is 12.8. The molecule has 272 valence electrons. The fourth-order valence-electron chi connectivity index (χ4n) is 6.51. The van der Waals surface area contributed by atoms with Gasteiger partial charge in [-0.3, -0.25) is 24.6 Å². The number of rotatable bonds is 13. The molecule has 0 saturated carbocycles. The third kappa shape index (κ3) is 9.70. The Bertz CT molecular complexity index is 1830. The Balaban J connectivity index is 1.06. The molecular formula is C39H44N6O7. The highest BCUT2D eigenvalue weighted by Gasteiger charge is 2.34. The van der Waals surface area contributed by atoms with Crippen molar-refractivity contribution in [2.75, 3.05) is 54.0 Å². The van der Waals surface area contributed by atoms with Crippen molar-refractivity contribution in [3.8, 4) is 0 Å². The predicted octanol–water partition coefficient (Wildman–Crippen LogP) is 5.78. The van der Waals surface area contributed by atoms with Gasteiger partial charge in [-0.25, -0.2) is 0 Å². The van der Waals surface area contributed by atoms with Gasteiger partial charge in [-0.05, 0) is 53.9 Å². The lowest BCUT2D eigenvalue weighted by Gasteiger charge is -2.41. The first kappa shape index (κ1) is 36.5. The maximum Gasteiger partial charge on any atom is 0.269 e. The molecule has 0 spiro atoms. The number of nitrogen functional groups attached to an aromatic ring is 1. The van der Waals surface area contributed by atoms with Gasteiger partial charge in [-0.2, -0.15) is 0 Å². The standard InChI is InChI=1S/C39H44N6O7/c40-34-7-1-2-8-35(34)42-38(48)10-4-9-37(47)41-30-6-3-5-29(23-30)39-51-33(24-36(52-39)28-13-11-27(26-46)12-14-28)25-43-19-21-44(22-20-43)31-15-17-32(18-16-31)45(49)50/h1-3,5-8,11-18,23,33,36,39,46H,4,9-10,19-22,24-26,40H2,(H,41,47)(H,42,48). The van der Waals surface area contributed by atoms with Crippen LogP contribution in [-0.2, 0) is 25.7 Å². The molecule has 0 radical (unpaired) electrons. The summed E-state index contributed by atoms with van der Waals surface area (Å²) < 4.78 is 13.1. The molecule has 0 aliphatic carbocycles. The number of para-hydroxylation sites is 2. The lowest BCUT2D eigenvalue weighted by molar-refractivity contribution is -0.384. The van der Waals surface area contributed by atoms with Crippen molar-refractivity contribution in [1.82, 2.24) is 4.90 Å². The van der Waals surface area contributed by atoms with Gasteiger partial charge in [-0.1, -0.05) is 48.5 Å². The average molecular weight is 709 g/mol. The molecule has 3 atom stereocenters. The number of aliphatic hydroxyl groups is 1. The minimum Gasteiger partial charge on any atom is -0.397 e. The number of nitrogens with zero attached hydrogens (tertiary/aromatic N) is 3. The first-order chi connectivity index (χ1) is 25.2. The second kappa shape index (κ2) is 17.2. The Morgan fingerprint density at radius 3 is 2.25 bits per heavy atom. The van der Waals surface area contributed by atoms with Crippen LogP contribution in [0.4, 0.5) is 28.4 Å². The molecule has 0 bridgehead atoms. The van der Waals surface area contributed by atoms with E-state index in [4.69, 9.17) is 15.2 Å². The van der Waals surface area contributed by atoms with E-state index >= 15 is 0 Å². The van der Waals surface area contributed by atoms with Crippen LogP contribution in [0.15, 0.2) is 97.1 Å². The number of hydrogen-bond donors (Lipinski definition) is 4. The van der Waals surface area contributed by atoms with Crippen molar-refractivity contribution in [3.05, 3.63) is 124 Å². The lowest BCUT2D eigenvalue weighted by atomic mass is 9.99. The number of non-ortho nitro benzene ring substituents is 1. The summed E-state index contributed by atoms with van der Waals surface area (Å²) in [7, 11) is 0. The lowest BCUT2D eigenvalue weighted by Crippen LogP contribution is -2.49. The number of carbonyl (C=O) groups excluding carboxylic acids is 2. The number of hydrogen-bond acceptors (Lipinski definition) is 10. The Kier molecular flexibility index (Phi) is 12.1. The minimum absolute atomic E-state index is 0.0411. The molecule has 2 aliphatic heterocycles. The van der Waals surface area contributed by atoms with Gasteiger partial charge in [0.2, 0.25) is 11.8 Å². The maximum absolute atomic E-state index is 12.8. The van der Waals surface area contributed by atoms with Crippen LogP contribution in [0.2, 0.25) is 0 Å². The number of nitro benzene ring substituents is 1. The summed E-state index contributed by atoms with van der Waals surface area (Å²) in [5.74, 6) is -0.414. The zero-order valence-electron chi connectivity index (χ0n) is 28.9. The summed E-state index contributed by atoms with van der Waals surface area (Å²) in [6, 6.07) is 28.9. The molecule has 52 heavy (non-hydrogen) atoms. The first-order valence-corrected chi connectivity index (χ1v) is 17.5. The number of nitrogens with one attached hydrogen (secondary N) is 2. The van der Waals surface area contributed by atoms with Gasteiger partial charge in [0.25, 0.3) is 5.69 Å². The predicted molar refractivity (Wildman–Crippen MR) is 199 cm³/mol. The molecule has 13 heteroatoms. The van der Waals surface area contributed by atoms with E-state index in [-0.39, 0.29) is 54.1 Å². The molecule has 4 aromatic rings. The third-order valence-electron chi connectivity index (χ3n) is 9.36. The second-order valence-electron chi connectivity index (χ2n) is 13.1. The summed E-state index contributed by atoms with van der Waals surface area (Å²) in [4.78, 5) is 40.5. The van der Waals surface area contributed by atoms with Crippen LogP contribution in [0.25, 0.3) is 0 Å². The average Bonchev–Trinajstić information content (AvgIpc) is 3.16. The monoisotopic (exact) mass is 708 g/mol. The molecular weight excluding hydrogens is 664 g/mol. The SMILES string of the molecule is Nc1ccccc1NC(=O)CCCC(=O)Nc1cccc(C2OC(CN3CCN(c4ccc([N+](=O)[O-])cc4)CC3)CC(c3ccc(CO)cc3)O2)c1. The summed E-state index contributed by atoms with van der Waals surface area (Å²) in [6.45, 7) is 3.83. The summed E-state index contributed by atoms with van der Waals surface area (Å²) >= 11 is 0. The highest BCUT2D eigenvalue weighted by molar-refractivity contribution is 5.94. The molecule has 2 amide bonds. The fourth-order valence-corrected chi connectivity index (χ4v) is 6.51. The zero-order chi connectivity index (χ0) is 36.5. The molecule has 13 nitrogen and oxygen atoms in total. The van der Waals surface area contributed by atoms with Gasteiger partial charge in [0.05, 0.1) is 35.1 Å². The van der Waals surface area contributed by atoms with Crippen LogP contribution in [0.5, 0.6) is 0 Å². The van der Waals surface area contributed by atoms with Crippen molar-refractivity contribution in [2.24, 2.45) is 0 Å². The molecule has 2 aliphatic rings. The number of nitrogens with two attached hydrogens (primary N) is 1. The molecule has 2 fully saturated rings. The van der Waals surface area contributed by atoms with E-state index in [1.54, 1.807) is 36.4 Å². The number of ether oxygens (including phenoxy) is 2. The van der Waals surface area contributed by atoms with Crippen molar-refractivity contribution in [2.45, 2.75) is 50.8 Å². The van der Waals surface area contributed by atoms with Crippen LogP contribution in [0.3, 0.4) is 0 Å². The van der Waals surface area contributed by atoms with Gasteiger partial charge in [-0.15, -0.1) is 0 Å². The highest BCUT2D eigenvalue weighted by atomic mass is 16.7. The number of anilines is 4. The quantitative estimate of drug-likeness (QED) is 0.0757. The number of amides is 2. The summed E-state index contributed by atoms with van der Waals surface area (Å²) in [5, 5.41) is 26.4. The Hall–Kier alpha value is -5.34. The van der Waals surface area contributed by atoms with E-state index in [0.29, 0.717) is 36.4 Å². The van der Waals surface area contributed by atoms with Gasteiger partial charge >= 0.3 is 0 Å². The van der Waals surface area contributed by atoms with Crippen molar-refractivity contribution >= 4 is 40.3 Å². The third-order valence-corrected chi connectivity index (χ3v) is 9.36. The van der Waals surface area contributed by atoms with E-state index in [0.717, 1.165) is 48.6 Å². The number of aliphatic hydroxyl groups excluding tert-OH is 1. The van der Waals surface area contributed by atoms with Crippen LogP contribution in [-0.4, -0.2) is 65.6 Å². The summed E-state index contributed by atoms with van der Waals surface area (Å²) in [5.41, 5.74) is 11.2. The van der Waals surface area contributed by atoms with Crippen molar-refractivity contribution in [3.63, 3.8) is 0 Å². The van der Waals surface area contributed by atoms with Gasteiger partial charge in [0.1, 0.15) is 0 Å². The van der Waals surface area contributed by atoms with Crippen LogP contribution in [0, 0.1) is 10.1 Å². The largest absolute Gasteiger partial charge is 0.397 e. The molecule has 2 heterocycles. The second-order valence-corrected chi connectivity index (χ2v) is 13.1. The molecule has 0 aromatic heterocycles. The fraction of sp³-hybridized carbons (Fsp3) is 0.333.